The Labute approximate surface area is 119 Å². The number of hydrogen-bond donors (Lipinski definition) is 1. The molecule has 0 saturated carbocycles. The first-order chi connectivity index (χ1) is 9.11. The minimum absolute atomic E-state index is 0.462. The zero-order valence-corrected chi connectivity index (χ0v) is 13.4. The Balaban J connectivity index is 2.61. The molecule has 1 heterocycles. The number of unbranched alkanes of at least 4 members (excludes halogenated alkanes) is 4. The fourth-order valence-corrected chi connectivity index (χ4v) is 2.87. The van der Waals surface area contributed by atoms with Crippen LogP contribution in [0.25, 0.3) is 0 Å². The number of nitrogens with one attached hydrogen (secondary N) is 1. The van der Waals surface area contributed by atoms with Crippen LogP contribution in [-0.4, -0.2) is 6.54 Å². The summed E-state index contributed by atoms with van der Waals surface area (Å²) in [6.45, 7) is 11.8. The smallest absolute Gasteiger partial charge is 0.106 e. The van der Waals surface area contributed by atoms with Crippen molar-refractivity contribution in [2.24, 2.45) is 0 Å². The summed E-state index contributed by atoms with van der Waals surface area (Å²) >= 11 is 0. The van der Waals surface area contributed by atoms with Crippen LogP contribution in [0.15, 0.2) is 4.42 Å². The van der Waals surface area contributed by atoms with Crippen molar-refractivity contribution in [2.75, 3.05) is 6.54 Å². The van der Waals surface area contributed by atoms with Crippen LogP contribution in [0.2, 0.25) is 0 Å². The summed E-state index contributed by atoms with van der Waals surface area (Å²) in [5.41, 5.74) is 2.73. The van der Waals surface area contributed by atoms with E-state index in [0.717, 1.165) is 18.1 Å². The van der Waals surface area contributed by atoms with Crippen molar-refractivity contribution in [3.63, 3.8) is 0 Å². The van der Waals surface area contributed by atoms with Gasteiger partial charge in [0.15, 0.2) is 0 Å². The van der Waals surface area contributed by atoms with E-state index in [4.69, 9.17) is 4.42 Å². The molecule has 2 heteroatoms. The van der Waals surface area contributed by atoms with Gasteiger partial charge in [-0.25, -0.2) is 0 Å². The van der Waals surface area contributed by atoms with E-state index in [1.165, 1.54) is 49.7 Å². The highest BCUT2D eigenvalue weighted by Gasteiger charge is 2.19. The van der Waals surface area contributed by atoms with Crippen LogP contribution < -0.4 is 5.32 Å². The molecule has 0 saturated heterocycles. The molecular formula is C17H31NO. The Morgan fingerprint density at radius 3 is 2.16 bits per heavy atom. The van der Waals surface area contributed by atoms with E-state index >= 15 is 0 Å². The highest BCUT2D eigenvalue weighted by atomic mass is 16.3. The van der Waals surface area contributed by atoms with E-state index < -0.39 is 0 Å². The molecule has 0 aliphatic rings. The molecule has 0 spiro atoms. The van der Waals surface area contributed by atoms with Crippen molar-refractivity contribution in [1.82, 2.24) is 5.32 Å². The lowest BCUT2D eigenvalue weighted by Crippen LogP contribution is -2.21. The van der Waals surface area contributed by atoms with E-state index in [1.807, 2.05) is 0 Å². The lowest BCUT2D eigenvalue weighted by atomic mass is 9.96. The van der Waals surface area contributed by atoms with Gasteiger partial charge < -0.3 is 9.73 Å². The monoisotopic (exact) mass is 265 g/mol. The Hall–Kier alpha value is -0.760. The van der Waals surface area contributed by atoms with Gasteiger partial charge in [-0.05, 0) is 39.3 Å². The topological polar surface area (TPSA) is 25.2 Å². The lowest BCUT2D eigenvalue weighted by Gasteiger charge is -2.18. The molecule has 0 fully saturated rings. The zero-order chi connectivity index (χ0) is 14.3. The summed E-state index contributed by atoms with van der Waals surface area (Å²) in [5, 5.41) is 3.62. The summed E-state index contributed by atoms with van der Waals surface area (Å²) in [4.78, 5) is 0. The van der Waals surface area contributed by atoms with Crippen LogP contribution in [0.5, 0.6) is 0 Å². The van der Waals surface area contributed by atoms with E-state index in [-0.39, 0.29) is 0 Å². The second-order valence-electron chi connectivity index (χ2n) is 5.57. The van der Waals surface area contributed by atoms with Crippen LogP contribution in [0.4, 0.5) is 0 Å². The highest BCUT2D eigenvalue weighted by Crippen LogP contribution is 2.30. The van der Waals surface area contributed by atoms with Gasteiger partial charge in [-0.2, -0.15) is 0 Å². The molecule has 1 aromatic rings. The van der Waals surface area contributed by atoms with Gasteiger partial charge in [0.2, 0.25) is 0 Å². The van der Waals surface area contributed by atoms with Gasteiger partial charge in [0.25, 0.3) is 0 Å². The van der Waals surface area contributed by atoms with Gasteiger partial charge in [0, 0.05) is 11.6 Å². The lowest BCUT2D eigenvalue weighted by molar-refractivity contribution is 0.458. The molecule has 1 aromatic heterocycles. The van der Waals surface area contributed by atoms with Crippen LogP contribution in [0.3, 0.4) is 0 Å². The summed E-state index contributed by atoms with van der Waals surface area (Å²) in [5.74, 6) is 2.16. The van der Waals surface area contributed by atoms with Gasteiger partial charge >= 0.3 is 0 Å². The standard InChI is InChI=1S/C17H31NO/c1-6-8-9-10-11-12-16(18-7-2)17-13(3)14(4)19-15(17)5/h16,18H,6-12H2,1-5H3. The Morgan fingerprint density at radius 1 is 0.947 bits per heavy atom. The van der Waals surface area contributed by atoms with E-state index in [2.05, 4.69) is 39.9 Å². The van der Waals surface area contributed by atoms with Crippen molar-refractivity contribution >= 4 is 0 Å². The maximum atomic E-state index is 5.78. The van der Waals surface area contributed by atoms with Crippen molar-refractivity contribution in [1.29, 1.82) is 0 Å². The molecule has 0 aromatic carbocycles. The first kappa shape index (κ1) is 16.3. The molecule has 0 amide bonds. The minimum atomic E-state index is 0.462. The van der Waals surface area contributed by atoms with E-state index in [1.54, 1.807) is 0 Å². The normalized spacial score (nSPS) is 12.9. The molecule has 0 aliphatic heterocycles. The molecule has 0 bridgehead atoms. The number of furan rings is 1. The van der Waals surface area contributed by atoms with Gasteiger partial charge in [-0.15, -0.1) is 0 Å². The summed E-state index contributed by atoms with van der Waals surface area (Å²) in [6.07, 6.45) is 7.94. The third-order valence-electron chi connectivity index (χ3n) is 4.01. The summed E-state index contributed by atoms with van der Waals surface area (Å²) in [7, 11) is 0. The maximum Gasteiger partial charge on any atom is 0.106 e. The molecule has 2 nitrogen and oxygen atoms in total. The molecule has 0 aliphatic carbocycles. The zero-order valence-electron chi connectivity index (χ0n) is 13.4. The molecule has 19 heavy (non-hydrogen) atoms. The molecule has 110 valence electrons. The van der Waals surface area contributed by atoms with Gasteiger partial charge in [-0.3, -0.25) is 0 Å². The molecule has 1 unspecified atom stereocenters. The van der Waals surface area contributed by atoms with Crippen molar-refractivity contribution in [3.8, 4) is 0 Å². The van der Waals surface area contributed by atoms with Gasteiger partial charge in [0.05, 0.1) is 0 Å². The van der Waals surface area contributed by atoms with E-state index in [0.29, 0.717) is 6.04 Å². The van der Waals surface area contributed by atoms with Crippen LogP contribution in [0.1, 0.15) is 81.1 Å². The summed E-state index contributed by atoms with van der Waals surface area (Å²) < 4.78 is 5.78. The number of rotatable bonds is 9. The molecule has 1 atom stereocenters. The highest BCUT2D eigenvalue weighted by molar-refractivity contribution is 5.34. The van der Waals surface area contributed by atoms with Crippen molar-refractivity contribution < 1.29 is 4.42 Å². The van der Waals surface area contributed by atoms with Gasteiger partial charge in [0.1, 0.15) is 11.5 Å². The maximum absolute atomic E-state index is 5.78. The average Bonchev–Trinajstić information content (AvgIpc) is 2.62. The third kappa shape index (κ3) is 4.68. The second kappa shape index (κ2) is 8.42. The van der Waals surface area contributed by atoms with Crippen molar-refractivity contribution in [2.45, 2.75) is 79.2 Å². The predicted octanol–water partition coefficient (Wildman–Crippen LogP) is 5.22. The Bertz CT molecular complexity index is 368. The second-order valence-corrected chi connectivity index (χ2v) is 5.57. The summed E-state index contributed by atoms with van der Waals surface area (Å²) in [6, 6.07) is 0.462. The fraction of sp³-hybridized carbons (Fsp3) is 0.765. The number of hydrogen-bond acceptors (Lipinski definition) is 2. The molecule has 1 rings (SSSR count). The third-order valence-corrected chi connectivity index (χ3v) is 4.01. The first-order valence-electron chi connectivity index (χ1n) is 7.91. The molecule has 1 N–H and O–H groups in total. The molecule has 0 radical (unpaired) electrons. The number of aryl methyl sites for hydroxylation is 2. The largest absolute Gasteiger partial charge is 0.466 e. The Kier molecular flexibility index (Phi) is 7.22. The quantitative estimate of drug-likeness (QED) is 0.619. The van der Waals surface area contributed by atoms with Crippen LogP contribution in [0, 0.1) is 20.8 Å². The van der Waals surface area contributed by atoms with Crippen LogP contribution in [-0.2, 0) is 0 Å². The van der Waals surface area contributed by atoms with Gasteiger partial charge in [-0.1, -0.05) is 46.0 Å². The molecular weight excluding hydrogens is 234 g/mol. The van der Waals surface area contributed by atoms with E-state index in [9.17, 15) is 0 Å². The fourth-order valence-electron chi connectivity index (χ4n) is 2.87. The first-order valence-corrected chi connectivity index (χ1v) is 7.91. The van der Waals surface area contributed by atoms with Crippen LogP contribution >= 0.6 is 0 Å². The van der Waals surface area contributed by atoms with Crippen molar-refractivity contribution in [3.05, 3.63) is 22.6 Å². The Morgan fingerprint density at radius 2 is 1.63 bits per heavy atom. The average molecular weight is 265 g/mol. The SMILES string of the molecule is CCCCCCCC(NCC)c1c(C)oc(C)c1C. The minimum Gasteiger partial charge on any atom is -0.466 e. The predicted molar refractivity (Wildman–Crippen MR) is 82.7 cm³/mol.